The highest BCUT2D eigenvalue weighted by atomic mass is 16.5. The number of carbonyl (C=O) groups is 3. The van der Waals surface area contributed by atoms with Crippen molar-refractivity contribution in [2.24, 2.45) is 5.73 Å². The van der Waals surface area contributed by atoms with Crippen molar-refractivity contribution in [3.63, 3.8) is 0 Å². The number of hydrogen-bond acceptors (Lipinski definition) is 5. The largest absolute Gasteiger partial charge is 0.508 e. The van der Waals surface area contributed by atoms with Crippen molar-refractivity contribution in [2.75, 3.05) is 6.54 Å². The molecule has 1 aromatic carbocycles. The Kier molecular flexibility index (Phi) is 7.54. The second kappa shape index (κ2) is 9.39. The molecule has 0 heterocycles. The Hall–Kier alpha value is -2.77. The number of primary amides is 1. The minimum absolute atomic E-state index is 0.0341. The van der Waals surface area contributed by atoms with Crippen molar-refractivity contribution >= 4 is 17.9 Å². The average Bonchev–Trinajstić information content (AvgIpc) is 2.47. The van der Waals surface area contributed by atoms with Crippen molar-refractivity contribution < 1.29 is 24.2 Å². The highest BCUT2D eigenvalue weighted by Crippen LogP contribution is 2.11. The van der Waals surface area contributed by atoms with E-state index in [1.165, 1.54) is 12.1 Å². The molecule has 0 radical (unpaired) electrons. The number of phenols is 1. The van der Waals surface area contributed by atoms with Gasteiger partial charge in [0.1, 0.15) is 11.8 Å². The van der Waals surface area contributed by atoms with E-state index in [1.54, 1.807) is 26.0 Å². The Labute approximate surface area is 140 Å². The Morgan fingerprint density at radius 1 is 1.21 bits per heavy atom. The number of aromatic hydroxyl groups is 1. The van der Waals surface area contributed by atoms with Crippen LogP contribution in [0.25, 0.3) is 0 Å². The Bertz CT molecular complexity index is 572. The molecule has 0 saturated carbocycles. The standard InChI is InChI=1S/C16H23N3O5/c1-10(2)24-14(21)7-8-18-15(22)13(19-16(17)23)9-11-3-5-12(20)6-4-11/h3-6,10,13,20H,7-9H2,1-2H3,(H,18,22)(H3,17,19,23)/t13-/m0/s1. The van der Waals surface area contributed by atoms with E-state index in [-0.39, 0.29) is 31.2 Å². The van der Waals surface area contributed by atoms with Gasteiger partial charge in [0.2, 0.25) is 5.91 Å². The third-order valence-electron chi connectivity index (χ3n) is 3.00. The van der Waals surface area contributed by atoms with Crippen LogP contribution in [0.3, 0.4) is 0 Å². The first-order valence-corrected chi connectivity index (χ1v) is 7.59. The fourth-order valence-electron chi connectivity index (χ4n) is 1.98. The van der Waals surface area contributed by atoms with Crippen LogP contribution in [-0.4, -0.2) is 41.7 Å². The number of hydrogen-bond donors (Lipinski definition) is 4. The third kappa shape index (κ3) is 7.48. The molecule has 1 rings (SSSR count). The number of ether oxygens (including phenoxy) is 1. The number of esters is 1. The molecule has 0 saturated heterocycles. The number of phenolic OH excluding ortho intramolecular Hbond substituents is 1. The lowest BCUT2D eigenvalue weighted by molar-refractivity contribution is -0.147. The second-order valence-corrected chi connectivity index (χ2v) is 5.51. The summed E-state index contributed by atoms with van der Waals surface area (Å²) >= 11 is 0. The van der Waals surface area contributed by atoms with E-state index in [2.05, 4.69) is 10.6 Å². The summed E-state index contributed by atoms with van der Waals surface area (Å²) in [5.74, 6) is -0.770. The van der Waals surface area contributed by atoms with Gasteiger partial charge in [-0.15, -0.1) is 0 Å². The number of nitrogens with one attached hydrogen (secondary N) is 2. The molecule has 3 amide bonds. The minimum atomic E-state index is -0.881. The molecule has 0 fully saturated rings. The summed E-state index contributed by atoms with van der Waals surface area (Å²) in [6.45, 7) is 3.57. The monoisotopic (exact) mass is 337 g/mol. The van der Waals surface area contributed by atoms with Crippen LogP contribution in [-0.2, 0) is 20.7 Å². The Morgan fingerprint density at radius 2 is 1.83 bits per heavy atom. The van der Waals surface area contributed by atoms with Crippen molar-refractivity contribution in [2.45, 2.75) is 38.8 Å². The lowest BCUT2D eigenvalue weighted by Gasteiger charge is -2.17. The van der Waals surface area contributed by atoms with Crippen molar-refractivity contribution in [1.29, 1.82) is 0 Å². The van der Waals surface area contributed by atoms with E-state index in [1.807, 2.05) is 0 Å². The van der Waals surface area contributed by atoms with E-state index < -0.39 is 23.9 Å². The first kappa shape index (κ1) is 19.3. The van der Waals surface area contributed by atoms with Crippen LogP contribution in [0.1, 0.15) is 25.8 Å². The van der Waals surface area contributed by atoms with E-state index >= 15 is 0 Å². The summed E-state index contributed by atoms with van der Waals surface area (Å²) in [7, 11) is 0. The van der Waals surface area contributed by atoms with E-state index in [0.717, 1.165) is 5.56 Å². The summed E-state index contributed by atoms with van der Waals surface area (Å²) in [4.78, 5) is 34.7. The highest BCUT2D eigenvalue weighted by molar-refractivity contribution is 5.87. The molecular formula is C16H23N3O5. The fraction of sp³-hybridized carbons (Fsp3) is 0.438. The zero-order valence-electron chi connectivity index (χ0n) is 13.7. The molecule has 0 aromatic heterocycles. The number of amides is 3. The molecule has 0 spiro atoms. The lowest BCUT2D eigenvalue weighted by Crippen LogP contribution is -2.50. The summed E-state index contributed by atoms with van der Waals surface area (Å²) in [6.07, 6.45) is 0.0183. The maximum absolute atomic E-state index is 12.2. The quantitative estimate of drug-likeness (QED) is 0.511. The van der Waals surface area contributed by atoms with Gasteiger partial charge in [-0.05, 0) is 31.5 Å². The molecule has 8 heteroatoms. The number of nitrogens with two attached hydrogens (primary N) is 1. The molecular weight excluding hydrogens is 314 g/mol. The van der Waals surface area contributed by atoms with Gasteiger partial charge in [-0.25, -0.2) is 4.79 Å². The highest BCUT2D eigenvalue weighted by Gasteiger charge is 2.20. The molecule has 8 nitrogen and oxygen atoms in total. The van der Waals surface area contributed by atoms with Crippen molar-refractivity contribution in [1.82, 2.24) is 10.6 Å². The maximum Gasteiger partial charge on any atom is 0.312 e. The van der Waals surface area contributed by atoms with Crippen LogP contribution in [0.15, 0.2) is 24.3 Å². The van der Waals surface area contributed by atoms with E-state index in [4.69, 9.17) is 10.5 Å². The van der Waals surface area contributed by atoms with Gasteiger partial charge in [-0.2, -0.15) is 0 Å². The Morgan fingerprint density at radius 3 is 2.38 bits per heavy atom. The molecule has 24 heavy (non-hydrogen) atoms. The molecule has 0 unspecified atom stereocenters. The van der Waals surface area contributed by atoms with E-state index in [9.17, 15) is 19.5 Å². The van der Waals surface area contributed by atoms with Crippen LogP contribution >= 0.6 is 0 Å². The number of carbonyl (C=O) groups excluding carboxylic acids is 3. The van der Waals surface area contributed by atoms with Crippen LogP contribution in [0.4, 0.5) is 4.79 Å². The molecule has 0 aliphatic rings. The fourth-order valence-corrected chi connectivity index (χ4v) is 1.98. The smallest absolute Gasteiger partial charge is 0.312 e. The molecule has 1 aromatic rings. The first-order valence-electron chi connectivity index (χ1n) is 7.59. The zero-order chi connectivity index (χ0) is 18.1. The van der Waals surface area contributed by atoms with Gasteiger partial charge in [-0.1, -0.05) is 12.1 Å². The first-order chi connectivity index (χ1) is 11.3. The zero-order valence-corrected chi connectivity index (χ0v) is 13.7. The minimum Gasteiger partial charge on any atom is -0.508 e. The normalized spacial score (nSPS) is 11.6. The molecule has 1 atom stereocenters. The van der Waals surface area contributed by atoms with Gasteiger partial charge in [0.25, 0.3) is 0 Å². The van der Waals surface area contributed by atoms with Gasteiger partial charge in [0, 0.05) is 13.0 Å². The van der Waals surface area contributed by atoms with Gasteiger partial charge >= 0.3 is 12.0 Å². The topological polar surface area (TPSA) is 131 Å². The molecule has 5 N–H and O–H groups in total. The van der Waals surface area contributed by atoms with Crippen LogP contribution < -0.4 is 16.4 Å². The van der Waals surface area contributed by atoms with Gasteiger partial charge in [-0.3, -0.25) is 9.59 Å². The third-order valence-corrected chi connectivity index (χ3v) is 3.00. The number of urea groups is 1. The van der Waals surface area contributed by atoms with Crippen LogP contribution in [0, 0.1) is 0 Å². The molecule has 132 valence electrons. The summed E-state index contributed by atoms with van der Waals surface area (Å²) in [5, 5.41) is 14.2. The SMILES string of the molecule is CC(C)OC(=O)CCNC(=O)[C@H](Cc1ccc(O)cc1)NC(N)=O. The predicted octanol–water partition coefficient (Wildman–Crippen LogP) is 0.429. The molecule has 0 aliphatic heterocycles. The van der Waals surface area contributed by atoms with E-state index in [0.29, 0.717) is 0 Å². The number of benzene rings is 1. The van der Waals surface area contributed by atoms with Crippen LogP contribution in [0.2, 0.25) is 0 Å². The summed E-state index contributed by atoms with van der Waals surface area (Å²) in [6, 6.07) is 4.53. The van der Waals surface area contributed by atoms with Crippen molar-refractivity contribution in [3.8, 4) is 5.75 Å². The van der Waals surface area contributed by atoms with Crippen LogP contribution in [0.5, 0.6) is 5.75 Å². The predicted molar refractivity (Wildman–Crippen MR) is 87.2 cm³/mol. The summed E-state index contributed by atoms with van der Waals surface area (Å²) in [5.41, 5.74) is 5.83. The average molecular weight is 337 g/mol. The van der Waals surface area contributed by atoms with Gasteiger partial charge < -0.3 is 26.2 Å². The lowest BCUT2D eigenvalue weighted by atomic mass is 10.1. The van der Waals surface area contributed by atoms with Gasteiger partial charge in [0.15, 0.2) is 0 Å². The van der Waals surface area contributed by atoms with Gasteiger partial charge in [0.05, 0.1) is 12.5 Å². The molecule has 0 bridgehead atoms. The molecule has 0 aliphatic carbocycles. The maximum atomic E-state index is 12.2. The number of rotatable bonds is 8. The Balaban J connectivity index is 2.56. The summed E-state index contributed by atoms with van der Waals surface area (Å²) < 4.78 is 4.96. The van der Waals surface area contributed by atoms with Crippen molar-refractivity contribution in [3.05, 3.63) is 29.8 Å². The second-order valence-electron chi connectivity index (χ2n) is 5.51.